The fourth-order valence-corrected chi connectivity index (χ4v) is 7.25. The van der Waals surface area contributed by atoms with E-state index >= 15 is 0 Å². The summed E-state index contributed by atoms with van der Waals surface area (Å²) >= 11 is 6.36. The lowest BCUT2D eigenvalue weighted by atomic mass is 9.41. The molecule has 0 unspecified atom stereocenters. The zero-order chi connectivity index (χ0) is 15.8. The Bertz CT molecular complexity index is 381. The van der Waals surface area contributed by atoms with Crippen molar-refractivity contribution in [3.63, 3.8) is 0 Å². The van der Waals surface area contributed by atoms with Crippen LogP contribution in [0.5, 0.6) is 0 Å². The molecule has 0 heterocycles. The van der Waals surface area contributed by atoms with Crippen LogP contribution in [0.4, 0.5) is 0 Å². The molecule has 0 saturated heterocycles. The summed E-state index contributed by atoms with van der Waals surface area (Å²) in [6.07, 6.45) is 15.0. The van der Waals surface area contributed by atoms with Crippen LogP contribution in [-0.2, 0) is 4.79 Å². The van der Waals surface area contributed by atoms with Crippen LogP contribution in [0.3, 0.4) is 0 Å². The van der Waals surface area contributed by atoms with Gasteiger partial charge in [-0.05, 0) is 86.1 Å². The van der Waals surface area contributed by atoms with E-state index in [9.17, 15) is 4.79 Å². The first-order valence-corrected chi connectivity index (χ1v) is 10.1. The summed E-state index contributed by atoms with van der Waals surface area (Å²) in [7, 11) is 0. The van der Waals surface area contributed by atoms with E-state index in [2.05, 4.69) is 13.8 Å². The van der Waals surface area contributed by atoms with Crippen molar-refractivity contribution in [3.8, 4) is 0 Å². The Hall–Kier alpha value is -0.0400. The predicted octanol–water partition coefficient (Wildman–Crippen LogP) is 6.34. The number of carbonyl (C=O) groups excluding carboxylic acids is 1. The smallest absolute Gasteiger partial charge is 0.228 e. The fraction of sp³-hybridized carbons (Fsp3) is 0.950. The van der Waals surface area contributed by atoms with Crippen LogP contribution in [0.25, 0.3) is 0 Å². The zero-order valence-corrected chi connectivity index (χ0v) is 15.3. The molecule has 1 nitrogen and oxygen atoms in total. The Kier molecular flexibility index (Phi) is 4.93. The first-order valence-electron chi connectivity index (χ1n) is 9.75. The second-order valence-corrected chi connectivity index (χ2v) is 9.10. The fourth-order valence-electron chi connectivity index (χ4n) is 6.86. The minimum absolute atomic E-state index is 0.00685. The van der Waals surface area contributed by atoms with Gasteiger partial charge in [0.05, 0.1) is 5.41 Å². The van der Waals surface area contributed by atoms with E-state index in [0.29, 0.717) is 0 Å². The number of carbonyl (C=O) groups is 1. The molecule has 0 N–H and O–H groups in total. The topological polar surface area (TPSA) is 17.1 Å². The van der Waals surface area contributed by atoms with Crippen LogP contribution < -0.4 is 0 Å². The van der Waals surface area contributed by atoms with Crippen molar-refractivity contribution < 1.29 is 4.79 Å². The van der Waals surface area contributed by atoms with Crippen LogP contribution in [0.2, 0.25) is 0 Å². The van der Waals surface area contributed by atoms with E-state index in [1.807, 2.05) is 0 Å². The summed E-state index contributed by atoms with van der Waals surface area (Å²) in [5.74, 6) is 2.68. The lowest BCUT2D eigenvalue weighted by Crippen LogP contribution is -2.56. The maximum Gasteiger partial charge on any atom is 0.228 e. The molecule has 4 rings (SSSR count). The second kappa shape index (κ2) is 6.46. The average Bonchev–Trinajstić information content (AvgIpc) is 2.44. The molecule has 4 aliphatic rings. The maximum absolute atomic E-state index is 12.7. The summed E-state index contributed by atoms with van der Waals surface area (Å²) in [5, 5.41) is 0.00685. The van der Waals surface area contributed by atoms with E-state index in [1.165, 1.54) is 57.8 Å². The molecule has 1 atom stereocenters. The van der Waals surface area contributed by atoms with Crippen LogP contribution in [0, 0.1) is 28.6 Å². The van der Waals surface area contributed by atoms with Gasteiger partial charge in [0.25, 0.3) is 0 Å². The van der Waals surface area contributed by atoms with Crippen molar-refractivity contribution in [1.29, 1.82) is 0 Å². The number of rotatable bonds is 8. The highest BCUT2D eigenvalue weighted by Crippen LogP contribution is 2.68. The quantitative estimate of drug-likeness (QED) is 0.376. The van der Waals surface area contributed by atoms with Gasteiger partial charge >= 0.3 is 0 Å². The summed E-state index contributed by atoms with van der Waals surface area (Å²) in [5.41, 5.74) is 0.0405. The zero-order valence-electron chi connectivity index (χ0n) is 14.5. The summed E-state index contributed by atoms with van der Waals surface area (Å²) < 4.78 is 0. The SMILES string of the molecule is CCCCC[C@](CCC)(C(=O)Cl)C12CC3CC(CC(C3)C1)C2. The average molecular weight is 325 g/mol. The molecule has 0 aromatic carbocycles. The third-order valence-corrected chi connectivity index (χ3v) is 7.68. The van der Waals surface area contributed by atoms with Crippen molar-refractivity contribution in [2.75, 3.05) is 0 Å². The molecule has 0 amide bonds. The van der Waals surface area contributed by atoms with Gasteiger partial charge in [0, 0.05) is 0 Å². The summed E-state index contributed by atoms with van der Waals surface area (Å²) in [6.45, 7) is 4.48. The van der Waals surface area contributed by atoms with Crippen LogP contribution >= 0.6 is 11.6 Å². The van der Waals surface area contributed by atoms with Gasteiger partial charge in [-0.1, -0.05) is 39.5 Å². The highest BCUT2D eigenvalue weighted by molar-refractivity contribution is 6.64. The van der Waals surface area contributed by atoms with Gasteiger partial charge in [0.2, 0.25) is 5.24 Å². The Labute approximate surface area is 141 Å². The molecular weight excluding hydrogens is 292 g/mol. The number of hydrogen-bond acceptors (Lipinski definition) is 1. The molecule has 0 radical (unpaired) electrons. The van der Waals surface area contributed by atoms with E-state index in [1.54, 1.807) is 0 Å². The molecule has 22 heavy (non-hydrogen) atoms. The van der Waals surface area contributed by atoms with E-state index in [0.717, 1.165) is 37.0 Å². The van der Waals surface area contributed by atoms with Crippen LogP contribution in [0.1, 0.15) is 90.9 Å². The van der Waals surface area contributed by atoms with Crippen molar-refractivity contribution in [2.24, 2.45) is 28.6 Å². The Balaban J connectivity index is 1.91. The van der Waals surface area contributed by atoms with Gasteiger partial charge < -0.3 is 0 Å². The molecule has 4 bridgehead atoms. The van der Waals surface area contributed by atoms with Gasteiger partial charge in [0.1, 0.15) is 0 Å². The van der Waals surface area contributed by atoms with E-state index in [-0.39, 0.29) is 16.1 Å². The summed E-state index contributed by atoms with van der Waals surface area (Å²) in [4.78, 5) is 12.7. The predicted molar refractivity (Wildman–Crippen MR) is 92.9 cm³/mol. The van der Waals surface area contributed by atoms with Crippen molar-refractivity contribution >= 4 is 16.8 Å². The van der Waals surface area contributed by atoms with E-state index in [4.69, 9.17) is 11.6 Å². The lowest BCUT2D eigenvalue weighted by molar-refractivity contribution is -0.158. The molecule has 4 saturated carbocycles. The summed E-state index contributed by atoms with van der Waals surface area (Å²) in [6, 6.07) is 0. The van der Waals surface area contributed by atoms with Gasteiger partial charge in [-0.15, -0.1) is 0 Å². The highest BCUT2D eigenvalue weighted by atomic mass is 35.5. The standard InChI is InChI=1S/C20H33ClO/c1-3-5-6-8-20(7-4-2,18(21)22)19-12-15-9-16(13-19)11-17(10-15)14-19/h15-17H,3-14H2,1-2H3/t15?,16?,17?,19?,20-/m1/s1. The minimum Gasteiger partial charge on any atom is -0.281 e. The number of halogens is 1. The van der Waals surface area contributed by atoms with Crippen molar-refractivity contribution in [1.82, 2.24) is 0 Å². The molecule has 2 heteroatoms. The molecule has 126 valence electrons. The van der Waals surface area contributed by atoms with Gasteiger partial charge in [-0.3, -0.25) is 4.79 Å². The molecular formula is C20H33ClO. The normalized spacial score (nSPS) is 39.0. The Morgan fingerprint density at radius 1 is 0.955 bits per heavy atom. The van der Waals surface area contributed by atoms with Crippen molar-refractivity contribution in [3.05, 3.63) is 0 Å². The molecule has 0 spiro atoms. The molecule has 4 fully saturated rings. The van der Waals surface area contributed by atoms with Gasteiger partial charge in [-0.2, -0.15) is 0 Å². The first-order chi connectivity index (χ1) is 10.5. The van der Waals surface area contributed by atoms with Crippen LogP contribution in [0.15, 0.2) is 0 Å². The third kappa shape index (κ3) is 2.66. The van der Waals surface area contributed by atoms with E-state index < -0.39 is 0 Å². The Morgan fingerprint density at radius 3 is 1.91 bits per heavy atom. The third-order valence-electron chi connectivity index (χ3n) is 7.31. The molecule has 0 aromatic heterocycles. The molecule has 0 aromatic rings. The first kappa shape index (κ1) is 16.8. The second-order valence-electron chi connectivity index (χ2n) is 8.76. The minimum atomic E-state index is -0.214. The molecule has 4 aliphatic carbocycles. The van der Waals surface area contributed by atoms with Gasteiger partial charge in [-0.25, -0.2) is 0 Å². The number of hydrogen-bond donors (Lipinski definition) is 0. The van der Waals surface area contributed by atoms with Crippen molar-refractivity contribution in [2.45, 2.75) is 90.9 Å². The monoisotopic (exact) mass is 324 g/mol. The lowest BCUT2D eigenvalue weighted by Gasteiger charge is -2.63. The molecule has 0 aliphatic heterocycles. The largest absolute Gasteiger partial charge is 0.281 e. The maximum atomic E-state index is 12.7. The highest BCUT2D eigenvalue weighted by Gasteiger charge is 2.61. The Morgan fingerprint density at radius 2 is 1.50 bits per heavy atom. The van der Waals surface area contributed by atoms with Crippen LogP contribution in [-0.4, -0.2) is 5.24 Å². The number of unbranched alkanes of at least 4 members (excludes halogenated alkanes) is 2. The van der Waals surface area contributed by atoms with Gasteiger partial charge in [0.15, 0.2) is 0 Å².